The summed E-state index contributed by atoms with van der Waals surface area (Å²) in [6.45, 7) is 8.00. The topological polar surface area (TPSA) is 97.4 Å². The van der Waals surface area contributed by atoms with Gasteiger partial charge in [0.2, 0.25) is 10.0 Å². The van der Waals surface area contributed by atoms with E-state index in [4.69, 9.17) is 4.74 Å². The van der Waals surface area contributed by atoms with E-state index in [2.05, 4.69) is 21.9 Å². The minimum atomic E-state index is -4.91. The summed E-state index contributed by atoms with van der Waals surface area (Å²) < 4.78 is 76.2. The number of rotatable bonds is 7. The maximum Gasteiger partial charge on any atom is 0.417 e. The number of thiazole rings is 1. The quantitative estimate of drug-likeness (QED) is 0.395. The van der Waals surface area contributed by atoms with Crippen LogP contribution in [0.25, 0.3) is 10.4 Å². The molecule has 1 amide bonds. The molecule has 1 aromatic carbocycles. The lowest BCUT2D eigenvalue weighted by molar-refractivity contribution is -0.139. The number of sulfonamides is 1. The highest BCUT2D eigenvalue weighted by molar-refractivity contribution is 7.89. The average molecular weight is 602 g/mol. The molecule has 222 valence electrons. The number of hydrogen-bond donors (Lipinski definition) is 2. The van der Waals surface area contributed by atoms with Crippen molar-refractivity contribution in [2.75, 3.05) is 13.2 Å². The second-order valence-corrected chi connectivity index (χ2v) is 14.7. The molecule has 2 aliphatic rings. The van der Waals surface area contributed by atoms with Crippen molar-refractivity contribution in [3.8, 4) is 10.4 Å². The monoisotopic (exact) mass is 601 g/mol. The largest absolute Gasteiger partial charge is 0.417 e. The van der Waals surface area contributed by atoms with Crippen LogP contribution in [0.15, 0.2) is 23.1 Å². The van der Waals surface area contributed by atoms with E-state index in [1.807, 2.05) is 0 Å². The minimum absolute atomic E-state index is 0.0483. The standard InChI is InChI=1S/C28H38F3N3O4S2/c1-17-6-5-7-18(14-17)15-22-24(39-26(33-22)25(35)32-20-10-12-38-13-11-20)19-8-9-23(21(16-19)28(29,30)31)40(36,37)34-27(2,3)4/h8-9,16-18,20,34H,5-7,10-15H2,1-4H3,(H,32,35). The van der Waals surface area contributed by atoms with Crippen LogP contribution in [0.2, 0.25) is 0 Å². The number of aromatic nitrogens is 1. The van der Waals surface area contributed by atoms with Crippen molar-refractivity contribution >= 4 is 27.3 Å². The Bertz CT molecular complexity index is 1310. The number of halogens is 3. The van der Waals surface area contributed by atoms with Crippen LogP contribution in [0.1, 0.15) is 87.3 Å². The molecule has 7 nitrogen and oxygen atoms in total. The van der Waals surface area contributed by atoms with Gasteiger partial charge in [0.25, 0.3) is 5.91 Å². The summed E-state index contributed by atoms with van der Waals surface area (Å²) in [5, 5.41) is 3.18. The molecule has 0 spiro atoms. The van der Waals surface area contributed by atoms with Crippen molar-refractivity contribution in [2.24, 2.45) is 11.8 Å². The number of amides is 1. The molecule has 2 N–H and O–H groups in total. The number of hydrogen-bond acceptors (Lipinski definition) is 6. The predicted molar refractivity (Wildman–Crippen MR) is 149 cm³/mol. The fourth-order valence-electron chi connectivity index (χ4n) is 5.51. The first-order chi connectivity index (χ1) is 18.6. The van der Waals surface area contributed by atoms with E-state index >= 15 is 0 Å². The highest BCUT2D eigenvalue weighted by Crippen LogP contribution is 2.41. The van der Waals surface area contributed by atoms with Crippen molar-refractivity contribution in [3.05, 3.63) is 34.5 Å². The molecule has 2 fully saturated rings. The van der Waals surface area contributed by atoms with Crippen molar-refractivity contribution < 1.29 is 31.1 Å². The zero-order valence-corrected chi connectivity index (χ0v) is 25.0. The van der Waals surface area contributed by atoms with Gasteiger partial charge in [-0.2, -0.15) is 13.2 Å². The highest BCUT2D eigenvalue weighted by atomic mass is 32.2. The summed E-state index contributed by atoms with van der Waals surface area (Å²) in [5.74, 6) is 0.508. The van der Waals surface area contributed by atoms with Gasteiger partial charge in [0.15, 0.2) is 5.01 Å². The molecule has 1 aromatic heterocycles. The van der Waals surface area contributed by atoms with Gasteiger partial charge < -0.3 is 10.1 Å². The van der Waals surface area contributed by atoms with Gasteiger partial charge in [0, 0.05) is 24.8 Å². The predicted octanol–water partition coefficient (Wildman–Crippen LogP) is 6.18. The SMILES string of the molecule is CC1CCCC(Cc2nc(C(=O)NC3CCOCC3)sc2-c2ccc(S(=O)(=O)NC(C)(C)C)c(C(F)(F)F)c2)C1. The van der Waals surface area contributed by atoms with Crippen LogP contribution in [0.5, 0.6) is 0 Å². The molecule has 2 atom stereocenters. The molecule has 0 radical (unpaired) electrons. The molecule has 2 heterocycles. The molecule has 40 heavy (non-hydrogen) atoms. The first kappa shape index (κ1) is 30.9. The maximum absolute atomic E-state index is 14.2. The van der Waals surface area contributed by atoms with Crippen LogP contribution in [0.3, 0.4) is 0 Å². The van der Waals surface area contributed by atoms with Crippen LogP contribution >= 0.6 is 11.3 Å². The Hall–Kier alpha value is -2.02. The average Bonchev–Trinajstić information content (AvgIpc) is 3.26. The molecular weight excluding hydrogens is 563 g/mol. The van der Waals surface area contributed by atoms with Crippen LogP contribution in [0.4, 0.5) is 13.2 Å². The Balaban J connectivity index is 1.74. The first-order valence-electron chi connectivity index (χ1n) is 13.8. The fourth-order valence-corrected chi connectivity index (χ4v) is 8.13. The molecular formula is C28H38F3N3O4S2. The molecule has 2 unspecified atom stereocenters. The lowest BCUT2D eigenvalue weighted by atomic mass is 9.80. The van der Waals surface area contributed by atoms with E-state index < -0.39 is 32.2 Å². The van der Waals surface area contributed by atoms with E-state index in [0.717, 1.165) is 49.2 Å². The third-order valence-electron chi connectivity index (χ3n) is 7.25. The van der Waals surface area contributed by atoms with Gasteiger partial charge in [-0.15, -0.1) is 11.3 Å². The van der Waals surface area contributed by atoms with Gasteiger partial charge in [-0.3, -0.25) is 4.79 Å². The maximum atomic E-state index is 14.2. The van der Waals surface area contributed by atoms with Gasteiger partial charge in [0.05, 0.1) is 21.0 Å². The number of carbonyl (C=O) groups is 1. The molecule has 1 aliphatic heterocycles. The fraction of sp³-hybridized carbons (Fsp3) is 0.643. The van der Waals surface area contributed by atoms with Crippen molar-refractivity contribution in [1.29, 1.82) is 0 Å². The van der Waals surface area contributed by atoms with Crippen LogP contribution in [-0.2, 0) is 27.4 Å². The zero-order valence-electron chi connectivity index (χ0n) is 23.4. The Morgan fingerprint density at radius 3 is 2.45 bits per heavy atom. The van der Waals surface area contributed by atoms with Crippen LogP contribution in [0, 0.1) is 11.8 Å². The van der Waals surface area contributed by atoms with Gasteiger partial charge in [0.1, 0.15) is 0 Å². The number of benzene rings is 1. The molecule has 12 heteroatoms. The Morgan fingerprint density at radius 1 is 1.12 bits per heavy atom. The summed E-state index contributed by atoms with van der Waals surface area (Å²) in [7, 11) is -4.45. The lowest BCUT2D eigenvalue weighted by Gasteiger charge is -2.26. The van der Waals surface area contributed by atoms with E-state index in [1.54, 1.807) is 20.8 Å². The first-order valence-corrected chi connectivity index (χ1v) is 16.1. The number of carbonyl (C=O) groups excluding carboxylic acids is 1. The summed E-state index contributed by atoms with van der Waals surface area (Å²) in [6.07, 6.45) is 1.21. The van der Waals surface area contributed by atoms with Crippen LogP contribution in [-0.4, -0.2) is 44.1 Å². The molecule has 1 saturated carbocycles. The Morgan fingerprint density at radius 2 is 1.82 bits per heavy atom. The van der Waals surface area contributed by atoms with E-state index in [9.17, 15) is 26.4 Å². The zero-order chi connectivity index (χ0) is 29.3. The summed E-state index contributed by atoms with van der Waals surface area (Å²) in [6, 6.07) is 3.21. The van der Waals surface area contributed by atoms with E-state index in [0.29, 0.717) is 54.9 Å². The number of nitrogens with one attached hydrogen (secondary N) is 2. The van der Waals surface area contributed by atoms with Crippen molar-refractivity contribution in [1.82, 2.24) is 15.0 Å². The molecule has 1 saturated heterocycles. The molecule has 2 aromatic rings. The van der Waals surface area contributed by atoms with Gasteiger partial charge in [-0.25, -0.2) is 18.1 Å². The summed E-state index contributed by atoms with van der Waals surface area (Å²) >= 11 is 1.05. The van der Waals surface area contributed by atoms with Crippen LogP contribution < -0.4 is 10.0 Å². The normalized spacial score (nSPS) is 21.4. The van der Waals surface area contributed by atoms with Gasteiger partial charge >= 0.3 is 6.18 Å². The lowest BCUT2D eigenvalue weighted by Crippen LogP contribution is -2.41. The number of ether oxygens (including phenoxy) is 1. The minimum Gasteiger partial charge on any atom is -0.381 e. The number of alkyl halides is 3. The van der Waals surface area contributed by atoms with Crippen molar-refractivity contribution in [2.45, 2.75) is 95.3 Å². The smallest absolute Gasteiger partial charge is 0.381 e. The Kier molecular flexibility index (Phi) is 9.33. The van der Waals surface area contributed by atoms with Crippen molar-refractivity contribution in [3.63, 3.8) is 0 Å². The third kappa shape index (κ3) is 7.83. The molecule has 1 aliphatic carbocycles. The Labute approximate surface area is 238 Å². The second kappa shape index (κ2) is 12.1. The number of nitrogens with zero attached hydrogens (tertiary/aromatic N) is 1. The highest BCUT2D eigenvalue weighted by Gasteiger charge is 2.39. The molecule has 4 rings (SSSR count). The van der Waals surface area contributed by atoms with E-state index in [1.165, 1.54) is 6.07 Å². The summed E-state index contributed by atoms with van der Waals surface area (Å²) in [4.78, 5) is 17.4. The van der Waals surface area contributed by atoms with Gasteiger partial charge in [-0.1, -0.05) is 32.3 Å². The molecule has 0 bridgehead atoms. The third-order valence-corrected chi connectivity index (χ3v) is 10.2. The second-order valence-electron chi connectivity index (χ2n) is 12.1. The van der Waals surface area contributed by atoms with E-state index in [-0.39, 0.29) is 22.5 Å². The summed E-state index contributed by atoms with van der Waals surface area (Å²) in [5.41, 5.74) is -1.43. The van der Waals surface area contributed by atoms with Gasteiger partial charge in [-0.05, 0) is 76.0 Å².